The maximum Gasteiger partial charge on any atom is 0.405 e. The van der Waals surface area contributed by atoms with Crippen LogP contribution >= 0.6 is 0 Å². The van der Waals surface area contributed by atoms with Gasteiger partial charge in [-0.1, -0.05) is 38.1 Å². The van der Waals surface area contributed by atoms with Crippen molar-refractivity contribution in [3.05, 3.63) is 35.4 Å². The number of alkyl halides is 3. The van der Waals surface area contributed by atoms with Gasteiger partial charge in [0.05, 0.1) is 0 Å². The van der Waals surface area contributed by atoms with Gasteiger partial charge in [-0.3, -0.25) is 4.79 Å². The highest BCUT2D eigenvalue weighted by Gasteiger charge is 2.64. The fourth-order valence-electron chi connectivity index (χ4n) is 3.58. The number of rotatable bonds is 6. The molecule has 2 rings (SSSR count). The molecule has 3 nitrogen and oxygen atoms in total. The summed E-state index contributed by atoms with van der Waals surface area (Å²) in [5, 5.41) is 12.4. The minimum Gasteiger partial charge on any atom is -0.481 e. The smallest absolute Gasteiger partial charge is 0.405 e. The van der Waals surface area contributed by atoms with E-state index in [9.17, 15) is 23.1 Å². The van der Waals surface area contributed by atoms with Crippen LogP contribution < -0.4 is 5.32 Å². The Balaban J connectivity index is 2.40. The van der Waals surface area contributed by atoms with E-state index in [4.69, 9.17) is 0 Å². The molecular weight excluding hydrogens is 319 g/mol. The average molecular weight is 343 g/mol. The van der Waals surface area contributed by atoms with Gasteiger partial charge in [0.1, 0.15) is 0 Å². The van der Waals surface area contributed by atoms with Gasteiger partial charge < -0.3 is 10.4 Å². The summed E-state index contributed by atoms with van der Waals surface area (Å²) in [6, 6.07) is 6.89. The quantitative estimate of drug-likeness (QED) is 0.829. The Morgan fingerprint density at radius 1 is 1.33 bits per heavy atom. The van der Waals surface area contributed by atoms with Gasteiger partial charge >= 0.3 is 12.1 Å². The van der Waals surface area contributed by atoms with Gasteiger partial charge in [-0.25, -0.2) is 0 Å². The maximum absolute atomic E-state index is 13.9. The van der Waals surface area contributed by atoms with Gasteiger partial charge in [-0.15, -0.1) is 0 Å². The number of carboxylic acid groups (broad SMARTS) is 1. The van der Waals surface area contributed by atoms with Crippen LogP contribution in [0.4, 0.5) is 13.2 Å². The molecule has 1 saturated heterocycles. The molecule has 1 fully saturated rings. The van der Waals surface area contributed by atoms with Crippen molar-refractivity contribution in [1.82, 2.24) is 5.32 Å². The molecule has 0 bridgehead atoms. The number of benzene rings is 1. The van der Waals surface area contributed by atoms with E-state index >= 15 is 0 Å². The van der Waals surface area contributed by atoms with Gasteiger partial charge in [0.25, 0.3) is 0 Å². The van der Waals surface area contributed by atoms with Crippen LogP contribution in [0, 0.1) is 17.3 Å². The van der Waals surface area contributed by atoms with Crippen molar-refractivity contribution in [2.45, 2.75) is 39.3 Å². The standard InChI is InChI=1S/C18H24F3NO2/c1-12(2)8-13-4-3-5-14(9-13)10-17(16(23)24,18(19,20)21)15-6-7-22-11-15/h3-5,9,12,15,22H,6-8,10-11H2,1-2H3,(H,23,24)/t15-,17-/m0/s1. The Morgan fingerprint density at radius 3 is 2.50 bits per heavy atom. The van der Waals surface area contributed by atoms with Gasteiger partial charge in [0.2, 0.25) is 0 Å². The first-order valence-electron chi connectivity index (χ1n) is 8.25. The highest BCUT2D eigenvalue weighted by atomic mass is 19.4. The predicted octanol–water partition coefficient (Wildman–Crippen LogP) is 3.67. The zero-order valence-corrected chi connectivity index (χ0v) is 14.0. The molecule has 6 heteroatoms. The van der Waals surface area contributed by atoms with E-state index in [1.807, 2.05) is 19.9 Å². The summed E-state index contributed by atoms with van der Waals surface area (Å²) in [4.78, 5) is 11.8. The monoisotopic (exact) mass is 343 g/mol. The van der Waals surface area contributed by atoms with Crippen molar-refractivity contribution in [1.29, 1.82) is 0 Å². The lowest BCUT2D eigenvalue weighted by Gasteiger charge is -2.36. The third-order valence-corrected chi connectivity index (χ3v) is 4.76. The van der Waals surface area contributed by atoms with Crippen LogP contribution in [0.2, 0.25) is 0 Å². The molecule has 2 atom stereocenters. The molecule has 134 valence electrons. The van der Waals surface area contributed by atoms with Crippen LogP contribution in [0.5, 0.6) is 0 Å². The number of hydrogen-bond donors (Lipinski definition) is 2. The molecule has 0 radical (unpaired) electrons. The number of aliphatic carboxylic acids is 1. The average Bonchev–Trinajstić information content (AvgIpc) is 2.96. The van der Waals surface area contributed by atoms with Crippen molar-refractivity contribution in [2.75, 3.05) is 13.1 Å². The summed E-state index contributed by atoms with van der Waals surface area (Å²) in [7, 11) is 0. The molecule has 0 saturated carbocycles. The molecule has 24 heavy (non-hydrogen) atoms. The van der Waals surface area contributed by atoms with Crippen molar-refractivity contribution in [3.8, 4) is 0 Å². The Labute approximate surface area is 140 Å². The molecular formula is C18H24F3NO2. The third kappa shape index (κ3) is 3.74. The summed E-state index contributed by atoms with van der Waals surface area (Å²) in [5.74, 6) is -2.35. The van der Waals surface area contributed by atoms with Gasteiger partial charge in [-0.2, -0.15) is 13.2 Å². The molecule has 1 aliphatic heterocycles. The second-order valence-corrected chi connectivity index (χ2v) is 7.06. The fourth-order valence-corrected chi connectivity index (χ4v) is 3.58. The summed E-state index contributed by atoms with van der Waals surface area (Å²) < 4.78 is 41.6. The Hall–Kier alpha value is -1.56. The highest BCUT2D eigenvalue weighted by molar-refractivity contribution is 5.77. The number of carbonyl (C=O) groups is 1. The normalized spacial score (nSPS) is 21.0. The topological polar surface area (TPSA) is 49.3 Å². The van der Waals surface area contributed by atoms with E-state index in [1.54, 1.807) is 18.2 Å². The lowest BCUT2D eigenvalue weighted by Crippen LogP contribution is -2.53. The first-order valence-corrected chi connectivity index (χ1v) is 8.25. The molecule has 0 spiro atoms. The lowest BCUT2D eigenvalue weighted by atomic mass is 9.69. The van der Waals surface area contributed by atoms with E-state index < -0.39 is 29.9 Å². The second-order valence-electron chi connectivity index (χ2n) is 7.06. The minimum absolute atomic E-state index is 0.0808. The third-order valence-electron chi connectivity index (χ3n) is 4.76. The van der Waals surface area contributed by atoms with Crippen LogP contribution in [0.15, 0.2) is 24.3 Å². The lowest BCUT2D eigenvalue weighted by molar-refractivity contribution is -0.245. The summed E-state index contributed by atoms with van der Waals surface area (Å²) in [6.07, 6.45) is -4.35. The summed E-state index contributed by atoms with van der Waals surface area (Å²) >= 11 is 0. The largest absolute Gasteiger partial charge is 0.481 e. The van der Waals surface area contributed by atoms with Crippen LogP contribution in [0.25, 0.3) is 0 Å². The molecule has 0 unspecified atom stereocenters. The highest BCUT2D eigenvalue weighted by Crippen LogP contribution is 2.49. The van der Waals surface area contributed by atoms with E-state index in [0.717, 1.165) is 12.0 Å². The second kappa shape index (κ2) is 7.13. The SMILES string of the molecule is CC(C)Cc1cccc(C[C@@](C(=O)O)([C@H]2CCNC2)C(F)(F)F)c1. The molecule has 1 aromatic rings. The number of hydrogen-bond acceptors (Lipinski definition) is 2. The van der Waals surface area contributed by atoms with Gasteiger partial charge in [0.15, 0.2) is 5.41 Å². The fraction of sp³-hybridized carbons (Fsp3) is 0.611. The van der Waals surface area contributed by atoms with Crippen LogP contribution in [-0.2, 0) is 17.6 Å². The Morgan fingerprint density at radius 2 is 2.00 bits per heavy atom. The van der Waals surface area contributed by atoms with Crippen molar-refractivity contribution >= 4 is 5.97 Å². The van der Waals surface area contributed by atoms with Crippen LogP contribution in [0.1, 0.15) is 31.4 Å². The van der Waals surface area contributed by atoms with Crippen molar-refractivity contribution in [3.63, 3.8) is 0 Å². The predicted molar refractivity (Wildman–Crippen MR) is 85.8 cm³/mol. The molecule has 2 N–H and O–H groups in total. The molecule has 1 aliphatic rings. The first-order chi connectivity index (χ1) is 11.2. The van der Waals surface area contributed by atoms with Gasteiger partial charge in [0, 0.05) is 0 Å². The zero-order chi connectivity index (χ0) is 18.0. The molecule has 0 aromatic heterocycles. The number of nitrogens with one attached hydrogen (secondary N) is 1. The van der Waals surface area contributed by atoms with Crippen molar-refractivity contribution < 1.29 is 23.1 Å². The van der Waals surface area contributed by atoms with Gasteiger partial charge in [-0.05, 0) is 55.3 Å². The van der Waals surface area contributed by atoms with Crippen LogP contribution in [-0.4, -0.2) is 30.3 Å². The number of carboxylic acids is 1. The Kier molecular flexibility index (Phi) is 5.58. The van der Waals surface area contributed by atoms with E-state index in [1.165, 1.54) is 0 Å². The van der Waals surface area contributed by atoms with E-state index in [-0.39, 0.29) is 13.0 Å². The van der Waals surface area contributed by atoms with Crippen molar-refractivity contribution in [2.24, 2.45) is 17.3 Å². The Bertz CT molecular complexity index is 580. The summed E-state index contributed by atoms with van der Waals surface area (Å²) in [6.45, 7) is 4.57. The molecule has 0 aliphatic carbocycles. The van der Waals surface area contributed by atoms with E-state index in [0.29, 0.717) is 18.0 Å². The molecule has 1 aromatic carbocycles. The molecule has 0 amide bonds. The number of halogens is 3. The van der Waals surface area contributed by atoms with E-state index in [2.05, 4.69) is 5.32 Å². The minimum atomic E-state index is -4.80. The first kappa shape index (κ1) is 18.8. The summed E-state index contributed by atoms with van der Waals surface area (Å²) in [5.41, 5.74) is -1.37. The molecule has 1 heterocycles. The zero-order valence-electron chi connectivity index (χ0n) is 14.0. The van der Waals surface area contributed by atoms with Crippen LogP contribution in [0.3, 0.4) is 0 Å². The maximum atomic E-state index is 13.9.